The molecule has 0 saturated carbocycles. The summed E-state index contributed by atoms with van der Waals surface area (Å²) in [6.07, 6.45) is 0.961. The standard InChI is InChI=1S/C24H31N3O4/c1-26(16-21-11-12-31-25-21)15-20-9-10-23(29-3)24(13-20)30-18-22(28)17-27(2)14-19-7-5-4-6-8-19/h4-13,22,28H,14-18H2,1-3H3/t22-/m0/s1. The van der Waals surface area contributed by atoms with E-state index in [-0.39, 0.29) is 6.61 Å². The molecular formula is C24H31N3O4. The van der Waals surface area contributed by atoms with E-state index in [1.54, 1.807) is 13.4 Å². The van der Waals surface area contributed by atoms with Crippen LogP contribution in [-0.4, -0.2) is 60.5 Å². The molecule has 0 spiro atoms. The second kappa shape index (κ2) is 11.5. The van der Waals surface area contributed by atoms with Crippen LogP contribution in [0.5, 0.6) is 11.5 Å². The second-order valence-corrected chi connectivity index (χ2v) is 7.80. The Morgan fingerprint density at radius 3 is 2.42 bits per heavy atom. The number of rotatable bonds is 12. The maximum absolute atomic E-state index is 10.4. The van der Waals surface area contributed by atoms with E-state index in [2.05, 4.69) is 27.1 Å². The first-order chi connectivity index (χ1) is 15.0. The largest absolute Gasteiger partial charge is 0.493 e. The monoisotopic (exact) mass is 425 g/mol. The minimum absolute atomic E-state index is 0.188. The van der Waals surface area contributed by atoms with E-state index < -0.39 is 6.10 Å². The summed E-state index contributed by atoms with van der Waals surface area (Å²) in [5, 5.41) is 14.4. The molecule has 3 rings (SSSR count). The zero-order chi connectivity index (χ0) is 22.1. The highest BCUT2D eigenvalue weighted by Crippen LogP contribution is 2.29. The summed E-state index contributed by atoms with van der Waals surface area (Å²) >= 11 is 0. The van der Waals surface area contributed by atoms with Gasteiger partial charge in [0.1, 0.15) is 19.0 Å². The lowest BCUT2D eigenvalue weighted by Gasteiger charge is -2.22. The molecule has 0 radical (unpaired) electrons. The molecule has 0 aliphatic heterocycles. The van der Waals surface area contributed by atoms with Gasteiger partial charge in [-0.25, -0.2) is 0 Å². The van der Waals surface area contributed by atoms with Crippen molar-refractivity contribution in [1.29, 1.82) is 0 Å². The summed E-state index contributed by atoms with van der Waals surface area (Å²) < 4.78 is 16.2. The molecule has 7 nitrogen and oxygen atoms in total. The van der Waals surface area contributed by atoms with Crippen LogP contribution >= 0.6 is 0 Å². The molecule has 0 unspecified atom stereocenters. The molecule has 3 aromatic rings. The number of methoxy groups -OCH3 is 1. The predicted octanol–water partition coefficient (Wildman–Crippen LogP) is 3.19. The van der Waals surface area contributed by atoms with E-state index in [1.807, 2.05) is 56.6 Å². The van der Waals surface area contributed by atoms with Crippen molar-refractivity contribution in [1.82, 2.24) is 15.0 Å². The lowest BCUT2D eigenvalue weighted by Crippen LogP contribution is -2.32. The van der Waals surface area contributed by atoms with Gasteiger partial charge in [-0.05, 0) is 37.4 Å². The first-order valence-electron chi connectivity index (χ1n) is 10.3. The number of aliphatic hydroxyl groups excluding tert-OH is 1. The van der Waals surface area contributed by atoms with E-state index in [1.165, 1.54) is 5.56 Å². The van der Waals surface area contributed by atoms with Crippen molar-refractivity contribution < 1.29 is 19.1 Å². The van der Waals surface area contributed by atoms with E-state index in [9.17, 15) is 5.11 Å². The molecule has 0 bridgehead atoms. The molecule has 0 aliphatic carbocycles. The zero-order valence-electron chi connectivity index (χ0n) is 18.4. The summed E-state index contributed by atoms with van der Waals surface area (Å²) in [6.45, 7) is 2.88. The fraction of sp³-hybridized carbons (Fsp3) is 0.375. The normalized spacial score (nSPS) is 12.3. The fourth-order valence-electron chi connectivity index (χ4n) is 3.45. The predicted molar refractivity (Wildman–Crippen MR) is 119 cm³/mol. The number of aliphatic hydroxyl groups is 1. The summed E-state index contributed by atoms with van der Waals surface area (Å²) in [6, 6.07) is 17.9. The topological polar surface area (TPSA) is 71.2 Å². The van der Waals surface area contributed by atoms with Crippen molar-refractivity contribution in [2.45, 2.75) is 25.7 Å². The molecule has 0 aliphatic rings. The first-order valence-corrected chi connectivity index (χ1v) is 10.3. The second-order valence-electron chi connectivity index (χ2n) is 7.80. The highest BCUT2D eigenvalue weighted by Gasteiger charge is 2.13. The number of hydrogen-bond donors (Lipinski definition) is 1. The average Bonchev–Trinajstić information content (AvgIpc) is 3.26. The molecule has 1 aromatic heterocycles. The van der Waals surface area contributed by atoms with Gasteiger partial charge in [-0.2, -0.15) is 0 Å². The molecule has 0 saturated heterocycles. The number of ether oxygens (including phenoxy) is 2. The van der Waals surface area contributed by atoms with Gasteiger partial charge >= 0.3 is 0 Å². The summed E-state index contributed by atoms with van der Waals surface area (Å²) in [5.74, 6) is 1.27. The Kier molecular flexibility index (Phi) is 8.46. The Morgan fingerprint density at radius 1 is 0.935 bits per heavy atom. The minimum Gasteiger partial charge on any atom is -0.493 e. The van der Waals surface area contributed by atoms with Gasteiger partial charge in [0.05, 0.1) is 12.8 Å². The average molecular weight is 426 g/mol. The van der Waals surface area contributed by atoms with Gasteiger partial charge in [0.25, 0.3) is 0 Å². The molecule has 0 amide bonds. The number of likely N-dealkylation sites (N-methyl/N-ethyl adjacent to an activating group) is 1. The lowest BCUT2D eigenvalue weighted by atomic mass is 10.2. The quantitative estimate of drug-likeness (QED) is 0.478. The third-order valence-corrected chi connectivity index (χ3v) is 4.85. The van der Waals surface area contributed by atoms with E-state index in [0.717, 1.165) is 24.3 Å². The van der Waals surface area contributed by atoms with Crippen molar-refractivity contribution in [2.75, 3.05) is 34.4 Å². The van der Waals surface area contributed by atoms with Gasteiger partial charge in [0, 0.05) is 32.2 Å². The van der Waals surface area contributed by atoms with Crippen molar-refractivity contribution in [3.63, 3.8) is 0 Å². The zero-order valence-corrected chi connectivity index (χ0v) is 18.4. The summed E-state index contributed by atoms with van der Waals surface area (Å²) in [7, 11) is 5.62. The molecular weight excluding hydrogens is 394 g/mol. The highest BCUT2D eigenvalue weighted by atomic mass is 16.5. The van der Waals surface area contributed by atoms with Crippen LogP contribution < -0.4 is 9.47 Å². The van der Waals surface area contributed by atoms with Crippen molar-refractivity contribution in [3.05, 3.63) is 77.7 Å². The van der Waals surface area contributed by atoms with Crippen LogP contribution in [0.3, 0.4) is 0 Å². The molecule has 1 atom stereocenters. The molecule has 1 N–H and O–H groups in total. The highest BCUT2D eigenvalue weighted by molar-refractivity contribution is 5.43. The first kappa shape index (κ1) is 22.8. The maximum Gasteiger partial charge on any atom is 0.161 e. The Bertz CT molecular complexity index is 902. The van der Waals surface area contributed by atoms with Crippen LogP contribution in [0, 0.1) is 0 Å². The van der Waals surface area contributed by atoms with Crippen LogP contribution in [0.1, 0.15) is 16.8 Å². The molecule has 31 heavy (non-hydrogen) atoms. The van der Waals surface area contributed by atoms with Crippen LogP contribution in [0.15, 0.2) is 65.4 Å². The van der Waals surface area contributed by atoms with E-state index >= 15 is 0 Å². The fourth-order valence-corrected chi connectivity index (χ4v) is 3.45. The molecule has 2 aromatic carbocycles. The minimum atomic E-state index is -0.614. The summed E-state index contributed by atoms with van der Waals surface area (Å²) in [4.78, 5) is 4.21. The lowest BCUT2D eigenvalue weighted by molar-refractivity contribution is 0.0732. The smallest absolute Gasteiger partial charge is 0.161 e. The Morgan fingerprint density at radius 2 is 1.71 bits per heavy atom. The molecule has 7 heteroatoms. The van der Waals surface area contributed by atoms with Crippen LogP contribution in [0.4, 0.5) is 0 Å². The van der Waals surface area contributed by atoms with Crippen LogP contribution in [-0.2, 0) is 19.6 Å². The number of nitrogens with zero attached hydrogens (tertiary/aromatic N) is 3. The van der Waals surface area contributed by atoms with Crippen molar-refractivity contribution >= 4 is 0 Å². The van der Waals surface area contributed by atoms with Crippen LogP contribution in [0.2, 0.25) is 0 Å². The Balaban J connectivity index is 1.52. The van der Waals surface area contributed by atoms with Gasteiger partial charge in [-0.3, -0.25) is 9.80 Å². The van der Waals surface area contributed by atoms with Gasteiger partial charge in [0.2, 0.25) is 0 Å². The van der Waals surface area contributed by atoms with Gasteiger partial charge < -0.3 is 19.1 Å². The number of benzene rings is 2. The van der Waals surface area contributed by atoms with E-state index in [4.69, 9.17) is 14.0 Å². The van der Waals surface area contributed by atoms with Gasteiger partial charge in [-0.15, -0.1) is 0 Å². The molecule has 166 valence electrons. The summed E-state index contributed by atoms with van der Waals surface area (Å²) in [5.41, 5.74) is 3.18. The third-order valence-electron chi connectivity index (χ3n) is 4.85. The van der Waals surface area contributed by atoms with Gasteiger partial charge in [-0.1, -0.05) is 41.6 Å². The van der Waals surface area contributed by atoms with Crippen LogP contribution in [0.25, 0.3) is 0 Å². The van der Waals surface area contributed by atoms with Crippen molar-refractivity contribution in [3.8, 4) is 11.5 Å². The SMILES string of the molecule is COc1ccc(CN(C)Cc2ccon2)cc1OC[C@@H](O)CN(C)Cc1ccccc1. The van der Waals surface area contributed by atoms with Crippen molar-refractivity contribution in [2.24, 2.45) is 0 Å². The Hall–Kier alpha value is -2.87. The number of hydrogen-bond acceptors (Lipinski definition) is 7. The third kappa shape index (κ3) is 7.40. The molecule has 0 fully saturated rings. The number of aromatic nitrogens is 1. The van der Waals surface area contributed by atoms with Gasteiger partial charge in [0.15, 0.2) is 11.5 Å². The maximum atomic E-state index is 10.4. The molecule has 1 heterocycles. The Labute approximate surface area is 183 Å². The van der Waals surface area contributed by atoms with E-state index in [0.29, 0.717) is 24.6 Å².